The number of amides is 1. The van der Waals surface area contributed by atoms with Crippen LogP contribution in [0.3, 0.4) is 0 Å². The maximum absolute atomic E-state index is 12.4. The fraction of sp³-hybridized carbons (Fsp3) is 0.348. The molecule has 0 aliphatic heterocycles. The Balaban J connectivity index is 1.50. The van der Waals surface area contributed by atoms with Crippen LogP contribution in [0.2, 0.25) is 0 Å². The number of carbonyl (C=O) groups excluding carboxylic acids is 1. The van der Waals surface area contributed by atoms with Gasteiger partial charge in [0.05, 0.1) is 21.3 Å². The van der Waals surface area contributed by atoms with Gasteiger partial charge in [0, 0.05) is 29.2 Å². The summed E-state index contributed by atoms with van der Waals surface area (Å²) in [6.07, 6.45) is 2.83. The minimum Gasteiger partial charge on any atom is -0.493 e. The van der Waals surface area contributed by atoms with Crippen LogP contribution < -0.4 is 19.7 Å². The zero-order valence-electron chi connectivity index (χ0n) is 17.6. The summed E-state index contributed by atoms with van der Waals surface area (Å²) in [5.41, 5.74) is 4.62. The first-order valence-electron chi connectivity index (χ1n) is 9.86. The molecule has 3 N–H and O–H groups in total. The summed E-state index contributed by atoms with van der Waals surface area (Å²) in [5.74, 6) is 1.49. The van der Waals surface area contributed by atoms with Crippen LogP contribution in [0.25, 0.3) is 10.9 Å². The van der Waals surface area contributed by atoms with E-state index in [1.165, 1.54) is 10.9 Å². The zero-order chi connectivity index (χ0) is 20.8. The van der Waals surface area contributed by atoms with Crippen LogP contribution in [-0.4, -0.2) is 45.2 Å². The number of aryl methyl sites for hydroxylation is 1. The van der Waals surface area contributed by atoms with Crippen molar-refractivity contribution in [1.82, 2.24) is 10.3 Å². The van der Waals surface area contributed by atoms with Crippen molar-refractivity contribution >= 4 is 16.8 Å². The molecule has 6 nitrogen and oxygen atoms in total. The molecule has 0 spiro atoms. The van der Waals surface area contributed by atoms with E-state index in [0.717, 1.165) is 40.3 Å². The smallest absolute Gasteiger partial charge is 0.275 e. The molecule has 1 atom stereocenters. The van der Waals surface area contributed by atoms with E-state index in [4.69, 9.17) is 9.47 Å². The topological polar surface area (TPSA) is 67.8 Å². The quantitative estimate of drug-likeness (QED) is 0.517. The van der Waals surface area contributed by atoms with Gasteiger partial charge in [0.1, 0.15) is 6.54 Å². The molecule has 0 aliphatic carbocycles. The summed E-state index contributed by atoms with van der Waals surface area (Å²) in [4.78, 5) is 16.7. The first kappa shape index (κ1) is 20.7. The Kier molecular flexibility index (Phi) is 6.77. The lowest BCUT2D eigenvalue weighted by Gasteiger charge is -2.17. The lowest BCUT2D eigenvalue weighted by atomic mass is 10.1. The van der Waals surface area contributed by atoms with Gasteiger partial charge in [0.25, 0.3) is 5.91 Å². The van der Waals surface area contributed by atoms with Gasteiger partial charge in [-0.1, -0.05) is 18.2 Å². The van der Waals surface area contributed by atoms with Crippen LogP contribution in [0.15, 0.2) is 42.6 Å². The molecule has 0 bridgehead atoms. The van der Waals surface area contributed by atoms with Crippen LogP contribution in [0.5, 0.6) is 11.5 Å². The molecule has 6 heteroatoms. The number of hydrogen-bond donors (Lipinski definition) is 3. The van der Waals surface area contributed by atoms with Crippen LogP contribution in [0.1, 0.15) is 16.7 Å². The van der Waals surface area contributed by atoms with Gasteiger partial charge in [0.15, 0.2) is 18.0 Å². The third-order valence-corrected chi connectivity index (χ3v) is 5.19. The Morgan fingerprint density at radius 3 is 2.59 bits per heavy atom. The number of nitrogens with one attached hydrogen (secondary N) is 3. The number of benzene rings is 2. The maximum Gasteiger partial charge on any atom is 0.275 e. The third-order valence-electron chi connectivity index (χ3n) is 5.19. The van der Waals surface area contributed by atoms with Crippen LogP contribution in [0.4, 0.5) is 0 Å². The molecular weight excluding hydrogens is 366 g/mol. The Bertz CT molecular complexity index is 981. The number of ether oxygens (including phenoxy) is 2. The van der Waals surface area contributed by atoms with E-state index in [9.17, 15) is 4.79 Å². The average molecular weight is 397 g/mol. The Morgan fingerprint density at radius 2 is 1.83 bits per heavy atom. The number of carbonyl (C=O) groups is 1. The van der Waals surface area contributed by atoms with Gasteiger partial charge in [0.2, 0.25) is 0 Å². The van der Waals surface area contributed by atoms with E-state index in [2.05, 4.69) is 22.4 Å². The van der Waals surface area contributed by atoms with Crippen molar-refractivity contribution in [3.8, 4) is 11.5 Å². The minimum atomic E-state index is 0.0560. The lowest BCUT2D eigenvalue weighted by molar-refractivity contribution is -0.885. The maximum atomic E-state index is 12.4. The zero-order valence-corrected chi connectivity index (χ0v) is 17.6. The van der Waals surface area contributed by atoms with E-state index in [0.29, 0.717) is 18.8 Å². The van der Waals surface area contributed by atoms with Gasteiger partial charge < -0.3 is 24.7 Å². The number of H-pyrrole nitrogens is 1. The predicted octanol–water partition coefficient (Wildman–Crippen LogP) is 1.87. The summed E-state index contributed by atoms with van der Waals surface area (Å²) >= 11 is 0. The van der Waals surface area contributed by atoms with Crippen molar-refractivity contribution in [1.29, 1.82) is 0 Å². The second-order valence-corrected chi connectivity index (χ2v) is 7.40. The highest BCUT2D eigenvalue weighted by molar-refractivity contribution is 5.83. The van der Waals surface area contributed by atoms with E-state index in [1.54, 1.807) is 14.2 Å². The Labute approximate surface area is 171 Å². The minimum absolute atomic E-state index is 0.0560. The van der Waals surface area contributed by atoms with Crippen molar-refractivity contribution in [3.05, 3.63) is 59.3 Å². The second-order valence-electron chi connectivity index (χ2n) is 7.40. The molecule has 1 amide bonds. The summed E-state index contributed by atoms with van der Waals surface area (Å²) in [7, 11) is 5.29. The number of likely N-dealkylation sites (N-methyl/N-ethyl adjacent to an activating group) is 1. The monoisotopic (exact) mass is 396 g/mol. The number of fused-ring (bicyclic) bond motifs is 1. The van der Waals surface area contributed by atoms with Crippen molar-refractivity contribution in [3.63, 3.8) is 0 Å². The van der Waals surface area contributed by atoms with Crippen LogP contribution in [-0.2, 0) is 17.8 Å². The van der Waals surface area contributed by atoms with E-state index in [-0.39, 0.29) is 5.91 Å². The lowest BCUT2D eigenvalue weighted by Crippen LogP contribution is -3.09. The SMILES string of the molecule is COc1cc(C)c(C[NH+](C)CC(=O)NCCc2c[nH]c3ccccc23)cc1OC. The molecule has 29 heavy (non-hydrogen) atoms. The van der Waals surface area contributed by atoms with Crippen LogP contribution >= 0.6 is 0 Å². The fourth-order valence-electron chi connectivity index (χ4n) is 3.61. The standard InChI is InChI=1S/C23H29N3O3/c1-16-11-21(28-3)22(29-4)12-18(16)14-26(2)15-23(27)24-10-9-17-13-25-20-8-6-5-7-19(17)20/h5-8,11-13,25H,9-10,14-15H2,1-4H3,(H,24,27)/p+1. The fourth-order valence-corrected chi connectivity index (χ4v) is 3.61. The molecule has 3 aromatic rings. The van der Waals surface area contributed by atoms with E-state index in [1.807, 2.05) is 44.4 Å². The molecule has 0 aliphatic rings. The number of aromatic nitrogens is 1. The van der Waals surface area contributed by atoms with Crippen molar-refractivity contribution in [2.24, 2.45) is 0 Å². The third kappa shape index (κ3) is 5.09. The van der Waals surface area contributed by atoms with Crippen LogP contribution in [0, 0.1) is 6.92 Å². The summed E-state index contributed by atoms with van der Waals surface area (Å²) in [6, 6.07) is 12.2. The molecule has 154 valence electrons. The number of rotatable bonds is 9. The van der Waals surface area contributed by atoms with Gasteiger partial charge in [-0.25, -0.2) is 0 Å². The number of aromatic amines is 1. The molecule has 1 heterocycles. The highest BCUT2D eigenvalue weighted by Gasteiger charge is 2.15. The van der Waals surface area contributed by atoms with Gasteiger partial charge in [-0.2, -0.15) is 0 Å². The second kappa shape index (κ2) is 9.47. The Hall–Kier alpha value is -2.99. The predicted molar refractivity (Wildman–Crippen MR) is 115 cm³/mol. The number of quaternary nitrogens is 1. The first-order chi connectivity index (χ1) is 14.0. The molecule has 0 saturated carbocycles. The largest absolute Gasteiger partial charge is 0.493 e. The normalized spacial score (nSPS) is 12.0. The molecule has 1 unspecified atom stereocenters. The Morgan fingerprint density at radius 1 is 1.10 bits per heavy atom. The van der Waals surface area contributed by atoms with Crippen molar-refractivity contribution < 1.29 is 19.2 Å². The van der Waals surface area contributed by atoms with Crippen molar-refractivity contribution in [2.75, 3.05) is 34.4 Å². The average Bonchev–Trinajstić information content (AvgIpc) is 3.12. The molecule has 1 aromatic heterocycles. The number of hydrogen-bond acceptors (Lipinski definition) is 3. The van der Waals surface area contributed by atoms with E-state index < -0.39 is 0 Å². The molecule has 2 aromatic carbocycles. The first-order valence-corrected chi connectivity index (χ1v) is 9.86. The van der Waals surface area contributed by atoms with Gasteiger partial charge in [-0.05, 0) is 42.7 Å². The molecule has 0 radical (unpaired) electrons. The van der Waals surface area contributed by atoms with Crippen molar-refractivity contribution in [2.45, 2.75) is 19.9 Å². The van der Waals surface area contributed by atoms with Gasteiger partial charge in [-0.3, -0.25) is 4.79 Å². The molecule has 3 rings (SSSR count). The van der Waals surface area contributed by atoms with Gasteiger partial charge >= 0.3 is 0 Å². The molecular formula is C23H30N3O3+. The molecule has 0 saturated heterocycles. The summed E-state index contributed by atoms with van der Waals surface area (Å²) in [6.45, 7) is 3.83. The van der Waals surface area contributed by atoms with Gasteiger partial charge in [-0.15, -0.1) is 0 Å². The highest BCUT2D eigenvalue weighted by Crippen LogP contribution is 2.29. The van der Waals surface area contributed by atoms with E-state index >= 15 is 0 Å². The summed E-state index contributed by atoms with van der Waals surface area (Å²) in [5, 5.41) is 4.26. The highest BCUT2D eigenvalue weighted by atomic mass is 16.5. The molecule has 0 fully saturated rings. The number of para-hydroxylation sites is 1. The number of methoxy groups -OCH3 is 2. The summed E-state index contributed by atoms with van der Waals surface area (Å²) < 4.78 is 10.7.